The van der Waals surface area contributed by atoms with Crippen molar-refractivity contribution in [2.75, 3.05) is 25.9 Å². The Kier molecular flexibility index (Phi) is 6.70. The van der Waals surface area contributed by atoms with Gasteiger partial charge in [0, 0.05) is 6.54 Å². The normalized spacial score (nSPS) is 18.2. The zero-order valence-electron chi connectivity index (χ0n) is 9.54. The highest BCUT2D eigenvalue weighted by Crippen LogP contribution is 2.25. The first-order chi connectivity index (χ1) is 6.83. The molecule has 1 saturated carbocycles. The molecule has 0 aliphatic heterocycles. The van der Waals surface area contributed by atoms with Gasteiger partial charge in [-0.15, -0.1) is 0 Å². The third-order valence-corrected chi connectivity index (χ3v) is 3.56. The van der Waals surface area contributed by atoms with Crippen LogP contribution >= 0.6 is 12.6 Å². The first-order valence-corrected chi connectivity index (χ1v) is 6.75. The van der Waals surface area contributed by atoms with Crippen molar-refractivity contribution in [1.82, 2.24) is 4.90 Å². The van der Waals surface area contributed by atoms with Gasteiger partial charge in [-0.3, -0.25) is 0 Å². The minimum atomic E-state index is 1.00. The number of hydrogen-bond acceptors (Lipinski definition) is 2. The number of hydrogen-bond donors (Lipinski definition) is 1. The first kappa shape index (κ1) is 12.4. The quantitative estimate of drug-likeness (QED) is 0.504. The Morgan fingerprint density at radius 3 is 2.50 bits per heavy atom. The zero-order valence-corrected chi connectivity index (χ0v) is 10.4. The molecule has 0 atom stereocenters. The van der Waals surface area contributed by atoms with Crippen molar-refractivity contribution in [3.63, 3.8) is 0 Å². The van der Waals surface area contributed by atoms with Crippen LogP contribution in [0.3, 0.4) is 0 Å². The van der Waals surface area contributed by atoms with E-state index in [2.05, 4.69) is 24.6 Å². The van der Waals surface area contributed by atoms with Crippen LogP contribution in [0.25, 0.3) is 0 Å². The van der Waals surface area contributed by atoms with Gasteiger partial charge in [-0.2, -0.15) is 12.6 Å². The van der Waals surface area contributed by atoms with E-state index in [1.807, 2.05) is 0 Å². The summed E-state index contributed by atoms with van der Waals surface area (Å²) in [7, 11) is 2.28. The summed E-state index contributed by atoms with van der Waals surface area (Å²) in [5, 5.41) is 0. The second kappa shape index (κ2) is 7.58. The highest BCUT2D eigenvalue weighted by molar-refractivity contribution is 7.80. The molecule has 0 aromatic heterocycles. The summed E-state index contributed by atoms with van der Waals surface area (Å²) < 4.78 is 0. The van der Waals surface area contributed by atoms with Crippen LogP contribution in [0.4, 0.5) is 0 Å². The molecule has 0 bridgehead atoms. The molecule has 14 heavy (non-hydrogen) atoms. The lowest BCUT2D eigenvalue weighted by Gasteiger charge is -2.20. The van der Waals surface area contributed by atoms with E-state index in [4.69, 9.17) is 0 Å². The van der Waals surface area contributed by atoms with Gasteiger partial charge < -0.3 is 4.90 Å². The lowest BCUT2D eigenvalue weighted by molar-refractivity contribution is 0.273. The van der Waals surface area contributed by atoms with Gasteiger partial charge in [0.05, 0.1) is 0 Å². The molecule has 0 N–H and O–H groups in total. The van der Waals surface area contributed by atoms with E-state index in [-0.39, 0.29) is 0 Å². The molecule has 0 aromatic carbocycles. The second-order valence-electron chi connectivity index (χ2n) is 4.70. The van der Waals surface area contributed by atoms with Gasteiger partial charge in [0.1, 0.15) is 0 Å². The SMILES string of the molecule is CN(CCCCCS)CC1CCCC1. The summed E-state index contributed by atoms with van der Waals surface area (Å²) >= 11 is 4.23. The maximum absolute atomic E-state index is 4.23. The van der Waals surface area contributed by atoms with Crippen LogP contribution < -0.4 is 0 Å². The number of nitrogens with zero attached hydrogens (tertiary/aromatic N) is 1. The molecular weight excluding hydrogens is 190 g/mol. The van der Waals surface area contributed by atoms with Crippen LogP contribution in [0.2, 0.25) is 0 Å². The van der Waals surface area contributed by atoms with Crippen molar-refractivity contribution in [1.29, 1.82) is 0 Å². The summed E-state index contributed by atoms with van der Waals surface area (Å²) in [5.74, 6) is 2.05. The first-order valence-electron chi connectivity index (χ1n) is 6.12. The van der Waals surface area contributed by atoms with Gasteiger partial charge in [0.25, 0.3) is 0 Å². The minimum Gasteiger partial charge on any atom is -0.306 e. The van der Waals surface area contributed by atoms with Crippen LogP contribution in [0.5, 0.6) is 0 Å². The Morgan fingerprint density at radius 2 is 1.86 bits per heavy atom. The Hall–Kier alpha value is 0.310. The Balaban J connectivity index is 1.95. The van der Waals surface area contributed by atoms with E-state index in [1.54, 1.807) is 0 Å². The fraction of sp³-hybridized carbons (Fsp3) is 1.00. The molecule has 0 radical (unpaired) electrons. The summed E-state index contributed by atoms with van der Waals surface area (Å²) in [4.78, 5) is 2.52. The van der Waals surface area contributed by atoms with Crippen molar-refractivity contribution >= 4 is 12.6 Å². The third kappa shape index (κ3) is 5.26. The molecule has 1 aliphatic carbocycles. The van der Waals surface area contributed by atoms with Crippen LogP contribution in [-0.4, -0.2) is 30.8 Å². The molecule has 0 amide bonds. The smallest absolute Gasteiger partial charge is 0.000661 e. The Bertz CT molecular complexity index is 132. The van der Waals surface area contributed by atoms with Crippen LogP contribution in [0.1, 0.15) is 44.9 Å². The predicted octanol–water partition coefficient (Wildman–Crippen LogP) is 3.21. The Labute approximate surface area is 94.7 Å². The summed E-state index contributed by atoms with van der Waals surface area (Å²) in [6.45, 7) is 2.62. The van der Waals surface area contributed by atoms with Crippen LogP contribution in [0, 0.1) is 5.92 Å². The largest absolute Gasteiger partial charge is 0.306 e. The van der Waals surface area contributed by atoms with Gasteiger partial charge in [0.2, 0.25) is 0 Å². The van der Waals surface area contributed by atoms with Gasteiger partial charge in [-0.25, -0.2) is 0 Å². The number of rotatable bonds is 7. The van der Waals surface area contributed by atoms with Gasteiger partial charge >= 0.3 is 0 Å². The van der Waals surface area contributed by atoms with Gasteiger partial charge in [0.15, 0.2) is 0 Å². The summed E-state index contributed by atoms with van der Waals surface area (Å²) in [6, 6.07) is 0. The molecule has 0 aromatic rings. The third-order valence-electron chi connectivity index (χ3n) is 3.24. The van der Waals surface area contributed by atoms with E-state index in [0.717, 1.165) is 11.7 Å². The fourth-order valence-electron chi connectivity index (χ4n) is 2.40. The lowest BCUT2D eigenvalue weighted by atomic mass is 10.1. The second-order valence-corrected chi connectivity index (χ2v) is 5.14. The molecule has 0 heterocycles. The van der Waals surface area contributed by atoms with Crippen molar-refractivity contribution in [3.8, 4) is 0 Å². The summed E-state index contributed by atoms with van der Waals surface area (Å²) in [5.41, 5.74) is 0. The topological polar surface area (TPSA) is 3.24 Å². The molecule has 1 rings (SSSR count). The van der Waals surface area contributed by atoms with E-state index in [0.29, 0.717) is 0 Å². The summed E-state index contributed by atoms with van der Waals surface area (Å²) in [6.07, 6.45) is 9.86. The molecule has 84 valence electrons. The van der Waals surface area contributed by atoms with E-state index < -0.39 is 0 Å². The molecule has 1 fully saturated rings. The van der Waals surface area contributed by atoms with Crippen LogP contribution in [-0.2, 0) is 0 Å². The molecule has 0 unspecified atom stereocenters. The van der Waals surface area contributed by atoms with Gasteiger partial charge in [-0.1, -0.05) is 19.3 Å². The van der Waals surface area contributed by atoms with Crippen molar-refractivity contribution in [3.05, 3.63) is 0 Å². The molecule has 1 nitrogen and oxygen atoms in total. The Morgan fingerprint density at radius 1 is 1.14 bits per heavy atom. The maximum atomic E-state index is 4.23. The highest BCUT2D eigenvalue weighted by Gasteiger charge is 2.16. The van der Waals surface area contributed by atoms with E-state index >= 15 is 0 Å². The molecule has 0 saturated heterocycles. The van der Waals surface area contributed by atoms with Crippen molar-refractivity contribution < 1.29 is 0 Å². The van der Waals surface area contributed by atoms with Gasteiger partial charge in [-0.05, 0) is 50.9 Å². The predicted molar refractivity (Wildman–Crippen MR) is 67.2 cm³/mol. The maximum Gasteiger partial charge on any atom is 0.000661 e. The number of thiol groups is 1. The standard InChI is InChI=1S/C12H25NS/c1-13(9-5-2-6-10-14)11-12-7-3-4-8-12/h12,14H,2-11H2,1H3. The monoisotopic (exact) mass is 215 g/mol. The molecule has 1 aliphatic rings. The molecular formula is C12H25NS. The van der Waals surface area contributed by atoms with Crippen molar-refractivity contribution in [2.24, 2.45) is 5.92 Å². The average Bonchev–Trinajstić information content (AvgIpc) is 2.65. The zero-order chi connectivity index (χ0) is 10.2. The number of unbranched alkanes of at least 4 members (excludes halogenated alkanes) is 2. The van der Waals surface area contributed by atoms with E-state index in [1.165, 1.54) is 58.0 Å². The van der Waals surface area contributed by atoms with Crippen LogP contribution in [0.15, 0.2) is 0 Å². The molecule has 2 heteroatoms. The van der Waals surface area contributed by atoms with E-state index in [9.17, 15) is 0 Å². The minimum absolute atomic E-state index is 1.00. The fourth-order valence-corrected chi connectivity index (χ4v) is 2.62. The lowest BCUT2D eigenvalue weighted by Crippen LogP contribution is -2.25. The highest BCUT2D eigenvalue weighted by atomic mass is 32.1. The average molecular weight is 215 g/mol. The van der Waals surface area contributed by atoms with Crippen molar-refractivity contribution in [2.45, 2.75) is 44.9 Å². The molecule has 0 spiro atoms.